The first-order valence-electron chi connectivity index (χ1n) is 10.8. The number of hydrogen-bond donors (Lipinski definition) is 2. The maximum absolute atomic E-state index is 13.2. The van der Waals surface area contributed by atoms with Crippen LogP contribution in [0.2, 0.25) is 0 Å². The standard InChI is InChI=1S/C22H29NO5S/c1-3-11-5-8-14-15(9-11)29-20(18(14)22(27)28-4-2)23-19(24)16-12-6-7-13(10-12)17(16)21(25)26/h11-13,16-17H,3-10H2,1-2H3,(H,23,24)(H,25,26)/t11-,12-,13-,16+,17+/m0/s1. The summed E-state index contributed by atoms with van der Waals surface area (Å²) in [7, 11) is 0. The van der Waals surface area contributed by atoms with Crippen LogP contribution in [0.25, 0.3) is 0 Å². The van der Waals surface area contributed by atoms with Crippen molar-refractivity contribution in [3.05, 3.63) is 16.0 Å². The summed E-state index contributed by atoms with van der Waals surface area (Å²) in [6.07, 6.45) is 6.50. The highest BCUT2D eigenvalue weighted by Gasteiger charge is 2.54. The van der Waals surface area contributed by atoms with E-state index in [1.165, 1.54) is 11.3 Å². The van der Waals surface area contributed by atoms with Crippen molar-refractivity contribution in [1.82, 2.24) is 0 Å². The Labute approximate surface area is 175 Å². The number of thiophene rings is 1. The van der Waals surface area contributed by atoms with E-state index in [1.54, 1.807) is 6.92 Å². The SMILES string of the molecule is CCOC(=O)c1c(NC(=O)[C@@H]2[C@H]3CC[C@@H](C3)[C@H]2C(=O)O)sc2c1CC[C@H](CC)C2. The Kier molecular flexibility index (Phi) is 5.69. The van der Waals surface area contributed by atoms with Crippen LogP contribution in [-0.2, 0) is 27.2 Å². The van der Waals surface area contributed by atoms with E-state index in [1.807, 2.05) is 0 Å². The highest BCUT2D eigenvalue weighted by atomic mass is 32.1. The van der Waals surface area contributed by atoms with Crippen LogP contribution >= 0.6 is 11.3 Å². The monoisotopic (exact) mass is 419 g/mol. The molecule has 2 bridgehead atoms. The fourth-order valence-electron chi connectivity index (χ4n) is 5.73. The third kappa shape index (κ3) is 3.58. The van der Waals surface area contributed by atoms with Crippen LogP contribution in [-0.4, -0.2) is 29.6 Å². The summed E-state index contributed by atoms with van der Waals surface area (Å²) in [5.41, 5.74) is 1.50. The van der Waals surface area contributed by atoms with E-state index in [9.17, 15) is 19.5 Å². The van der Waals surface area contributed by atoms with Crippen LogP contribution < -0.4 is 5.32 Å². The molecule has 2 saturated carbocycles. The van der Waals surface area contributed by atoms with E-state index in [-0.39, 0.29) is 24.3 Å². The molecule has 7 heteroatoms. The van der Waals surface area contributed by atoms with E-state index in [2.05, 4.69) is 12.2 Å². The molecule has 2 fully saturated rings. The van der Waals surface area contributed by atoms with Gasteiger partial charge in [-0.05, 0) is 68.8 Å². The van der Waals surface area contributed by atoms with Gasteiger partial charge in [0.25, 0.3) is 0 Å². The fraction of sp³-hybridized carbons (Fsp3) is 0.682. The van der Waals surface area contributed by atoms with Gasteiger partial charge in [-0.2, -0.15) is 0 Å². The van der Waals surface area contributed by atoms with Gasteiger partial charge in [-0.1, -0.05) is 13.3 Å². The predicted molar refractivity (Wildman–Crippen MR) is 110 cm³/mol. The zero-order valence-corrected chi connectivity index (χ0v) is 17.8. The first-order valence-corrected chi connectivity index (χ1v) is 11.6. The first kappa shape index (κ1) is 20.4. The first-order chi connectivity index (χ1) is 13.9. The van der Waals surface area contributed by atoms with Crippen molar-refractivity contribution in [3.63, 3.8) is 0 Å². The lowest BCUT2D eigenvalue weighted by Gasteiger charge is -2.27. The third-order valence-corrected chi connectivity index (χ3v) is 8.34. The summed E-state index contributed by atoms with van der Waals surface area (Å²) in [4.78, 5) is 38.8. The molecular weight excluding hydrogens is 390 g/mol. The van der Waals surface area contributed by atoms with Crippen LogP contribution in [0.4, 0.5) is 5.00 Å². The van der Waals surface area contributed by atoms with E-state index >= 15 is 0 Å². The van der Waals surface area contributed by atoms with Crippen molar-refractivity contribution in [1.29, 1.82) is 0 Å². The molecule has 158 valence electrons. The van der Waals surface area contributed by atoms with Crippen molar-refractivity contribution in [3.8, 4) is 0 Å². The van der Waals surface area contributed by atoms with Gasteiger partial charge < -0.3 is 15.2 Å². The second-order valence-electron chi connectivity index (χ2n) is 8.66. The molecule has 0 spiro atoms. The molecule has 1 amide bonds. The highest BCUT2D eigenvalue weighted by Crippen LogP contribution is 2.53. The number of ether oxygens (including phenoxy) is 1. The molecule has 6 nitrogen and oxygen atoms in total. The fourth-order valence-corrected chi connectivity index (χ4v) is 7.08. The number of carbonyl (C=O) groups is 3. The lowest BCUT2D eigenvalue weighted by molar-refractivity contribution is -0.148. The quantitative estimate of drug-likeness (QED) is 0.677. The van der Waals surface area contributed by atoms with Crippen LogP contribution in [0.3, 0.4) is 0 Å². The number of rotatable bonds is 6. The van der Waals surface area contributed by atoms with Gasteiger partial charge in [0, 0.05) is 4.88 Å². The Morgan fingerprint density at radius 2 is 1.86 bits per heavy atom. The summed E-state index contributed by atoms with van der Waals surface area (Å²) in [6.45, 7) is 4.23. The number of hydrogen-bond acceptors (Lipinski definition) is 5. The second kappa shape index (κ2) is 8.09. The third-order valence-electron chi connectivity index (χ3n) is 7.17. The van der Waals surface area contributed by atoms with Gasteiger partial charge >= 0.3 is 11.9 Å². The number of esters is 1. The van der Waals surface area contributed by atoms with Crippen molar-refractivity contribution in [2.75, 3.05) is 11.9 Å². The van der Waals surface area contributed by atoms with Gasteiger partial charge in [0.05, 0.1) is 24.0 Å². The molecule has 0 radical (unpaired) electrons. The summed E-state index contributed by atoms with van der Waals surface area (Å²) < 4.78 is 5.28. The molecule has 1 aromatic rings. The summed E-state index contributed by atoms with van der Waals surface area (Å²) in [5.74, 6) is -1.81. The van der Waals surface area contributed by atoms with Crippen molar-refractivity contribution in [2.45, 2.75) is 58.8 Å². The van der Waals surface area contributed by atoms with Crippen LogP contribution in [0, 0.1) is 29.6 Å². The summed E-state index contributed by atoms with van der Waals surface area (Å²) >= 11 is 1.47. The summed E-state index contributed by atoms with van der Waals surface area (Å²) in [5, 5.41) is 13.2. The smallest absolute Gasteiger partial charge is 0.341 e. The van der Waals surface area contributed by atoms with Gasteiger partial charge in [0.2, 0.25) is 5.91 Å². The molecule has 0 aromatic carbocycles. The number of carboxylic acids is 1. The van der Waals surface area contributed by atoms with Crippen LogP contribution in [0.5, 0.6) is 0 Å². The number of amides is 1. The Morgan fingerprint density at radius 3 is 2.52 bits per heavy atom. The minimum atomic E-state index is -0.876. The Bertz CT molecular complexity index is 831. The van der Waals surface area contributed by atoms with Gasteiger partial charge in [0.1, 0.15) is 5.00 Å². The Morgan fingerprint density at radius 1 is 1.14 bits per heavy atom. The van der Waals surface area contributed by atoms with Gasteiger partial charge in [-0.25, -0.2) is 4.79 Å². The molecular formula is C22H29NO5S. The topological polar surface area (TPSA) is 92.7 Å². The second-order valence-corrected chi connectivity index (χ2v) is 9.76. The van der Waals surface area contributed by atoms with E-state index in [4.69, 9.17) is 4.74 Å². The van der Waals surface area contributed by atoms with Crippen LogP contribution in [0.15, 0.2) is 0 Å². The maximum Gasteiger partial charge on any atom is 0.341 e. The molecule has 1 aromatic heterocycles. The minimum absolute atomic E-state index is 0.0969. The molecule has 2 N–H and O–H groups in total. The number of fused-ring (bicyclic) bond motifs is 3. The lowest BCUT2D eigenvalue weighted by Crippen LogP contribution is -2.38. The maximum atomic E-state index is 13.2. The molecule has 5 atom stereocenters. The average Bonchev–Trinajstić information content (AvgIpc) is 3.39. The Balaban J connectivity index is 1.62. The van der Waals surface area contributed by atoms with Crippen molar-refractivity contribution >= 4 is 34.2 Å². The van der Waals surface area contributed by atoms with E-state index < -0.39 is 23.8 Å². The largest absolute Gasteiger partial charge is 0.481 e. The van der Waals surface area contributed by atoms with Gasteiger partial charge in [-0.15, -0.1) is 11.3 Å². The Hall–Kier alpha value is -1.89. The van der Waals surface area contributed by atoms with E-state index in [0.29, 0.717) is 16.5 Å². The number of carboxylic acid groups (broad SMARTS) is 1. The molecule has 0 aliphatic heterocycles. The zero-order chi connectivity index (χ0) is 20.7. The molecule has 3 aliphatic carbocycles. The number of nitrogens with one attached hydrogen (secondary N) is 1. The normalized spacial score (nSPS) is 30.1. The van der Waals surface area contributed by atoms with Gasteiger partial charge in [0.15, 0.2) is 0 Å². The molecule has 1 heterocycles. The molecule has 4 rings (SSSR count). The molecule has 29 heavy (non-hydrogen) atoms. The average molecular weight is 420 g/mol. The van der Waals surface area contributed by atoms with Crippen molar-refractivity contribution in [2.24, 2.45) is 29.6 Å². The van der Waals surface area contributed by atoms with Crippen molar-refractivity contribution < 1.29 is 24.2 Å². The summed E-state index contributed by atoms with van der Waals surface area (Å²) in [6, 6.07) is 0. The highest BCUT2D eigenvalue weighted by molar-refractivity contribution is 7.17. The zero-order valence-electron chi connectivity index (χ0n) is 17.0. The number of aliphatic carboxylic acids is 1. The molecule has 3 aliphatic rings. The van der Waals surface area contributed by atoms with Gasteiger partial charge in [-0.3, -0.25) is 9.59 Å². The van der Waals surface area contributed by atoms with E-state index in [0.717, 1.165) is 55.4 Å². The minimum Gasteiger partial charge on any atom is -0.481 e. The van der Waals surface area contributed by atoms with Crippen LogP contribution in [0.1, 0.15) is 66.8 Å². The lowest BCUT2D eigenvalue weighted by atomic mass is 9.78. The molecule has 0 unspecified atom stereocenters. The number of anilines is 1. The predicted octanol–water partition coefficient (Wildman–Crippen LogP) is 4.13. The number of carbonyl (C=O) groups excluding carboxylic acids is 2. The molecule has 0 saturated heterocycles.